The van der Waals surface area contributed by atoms with Crippen molar-refractivity contribution in [3.05, 3.63) is 12.2 Å². The molecule has 0 rings (SSSR count). The summed E-state index contributed by atoms with van der Waals surface area (Å²) in [6.07, 6.45) is 1.04. The largest absolute Gasteiger partial charge is 0.481 e. The molecule has 0 heterocycles. The zero-order valence-electron chi connectivity index (χ0n) is 7.84. The van der Waals surface area contributed by atoms with Crippen LogP contribution in [0, 0.1) is 5.92 Å². The van der Waals surface area contributed by atoms with E-state index in [1.54, 1.807) is 19.9 Å². The Balaban J connectivity index is 4.07. The Hall–Kier alpha value is -0.870. The van der Waals surface area contributed by atoms with Crippen molar-refractivity contribution in [3.63, 3.8) is 0 Å². The lowest BCUT2D eigenvalue weighted by Crippen LogP contribution is -2.29. The smallest absolute Gasteiger partial charge is 0.305 e. The van der Waals surface area contributed by atoms with Crippen molar-refractivity contribution in [2.24, 2.45) is 5.92 Å². The number of carboxylic acids is 1. The van der Waals surface area contributed by atoms with Crippen molar-refractivity contribution in [1.82, 2.24) is 0 Å². The van der Waals surface area contributed by atoms with E-state index in [0.717, 1.165) is 0 Å². The summed E-state index contributed by atoms with van der Waals surface area (Å²) in [5.41, 5.74) is 0. The van der Waals surface area contributed by atoms with Gasteiger partial charge in [0.05, 0.1) is 18.6 Å². The van der Waals surface area contributed by atoms with Gasteiger partial charge in [-0.05, 0) is 6.92 Å². The monoisotopic (exact) mass is 188 g/mol. The molecule has 0 spiro atoms. The average Bonchev–Trinajstić information content (AvgIpc) is 2.02. The quantitative estimate of drug-likeness (QED) is 0.545. The van der Waals surface area contributed by atoms with Gasteiger partial charge in [-0.15, -0.1) is 0 Å². The van der Waals surface area contributed by atoms with Gasteiger partial charge in [-0.25, -0.2) is 0 Å². The van der Waals surface area contributed by atoms with Crippen LogP contribution in [0.2, 0.25) is 0 Å². The lowest BCUT2D eigenvalue weighted by atomic mass is 9.95. The number of aliphatic hydroxyl groups excluding tert-OH is 2. The molecule has 3 atom stereocenters. The first-order valence-corrected chi connectivity index (χ1v) is 4.19. The van der Waals surface area contributed by atoms with E-state index in [1.807, 2.05) is 0 Å². The third kappa shape index (κ3) is 4.65. The molecule has 4 heteroatoms. The average molecular weight is 188 g/mol. The Morgan fingerprint density at radius 1 is 1.46 bits per heavy atom. The summed E-state index contributed by atoms with van der Waals surface area (Å²) in [5, 5.41) is 27.1. The van der Waals surface area contributed by atoms with E-state index in [9.17, 15) is 15.0 Å². The van der Waals surface area contributed by atoms with Crippen LogP contribution in [0.4, 0.5) is 0 Å². The highest BCUT2D eigenvalue weighted by Gasteiger charge is 2.22. The number of hydrogen-bond donors (Lipinski definition) is 3. The molecule has 0 radical (unpaired) electrons. The van der Waals surface area contributed by atoms with E-state index in [-0.39, 0.29) is 6.42 Å². The van der Waals surface area contributed by atoms with Gasteiger partial charge < -0.3 is 15.3 Å². The molecule has 0 aromatic heterocycles. The molecular weight excluding hydrogens is 172 g/mol. The Morgan fingerprint density at radius 2 is 2.00 bits per heavy atom. The third-order valence-electron chi connectivity index (χ3n) is 1.92. The van der Waals surface area contributed by atoms with E-state index in [1.165, 1.54) is 6.08 Å². The Bertz CT molecular complexity index is 188. The minimum atomic E-state index is -1.06. The second kappa shape index (κ2) is 5.72. The highest BCUT2D eigenvalue weighted by Crippen LogP contribution is 2.12. The van der Waals surface area contributed by atoms with Crippen LogP contribution in [0.5, 0.6) is 0 Å². The van der Waals surface area contributed by atoms with Gasteiger partial charge in [0.25, 0.3) is 0 Å². The summed E-state index contributed by atoms with van der Waals surface area (Å²) in [4.78, 5) is 10.2. The lowest BCUT2D eigenvalue weighted by Gasteiger charge is -2.20. The summed E-state index contributed by atoms with van der Waals surface area (Å²) in [5.74, 6) is -1.53. The fourth-order valence-corrected chi connectivity index (χ4v) is 0.965. The van der Waals surface area contributed by atoms with Gasteiger partial charge in [0.1, 0.15) is 0 Å². The van der Waals surface area contributed by atoms with E-state index >= 15 is 0 Å². The zero-order chi connectivity index (χ0) is 10.4. The Kier molecular flexibility index (Phi) is 5.34. The third-order valence-corrected chi connectivity index (χ3v) is 1.92. The maximum absolute atomic E-state index is 10.2. The zero-order valence-corrected chi connectivity index (χ0v) is 7.84. The number of aliphatic hydroxyl groups is 2. The molecule has 76 valence electrons. The Labute approximate surface area is 77.5 Å². The van der Waals surface area contributed by atoms with Gasteiger partial charge in [-0.1, -0.05) is 19.1 Å². The fourth-order valence-electron chi connectivity index (χ4n) is 0.965. The molecule has 0 aliphatic heterocycles. The molecule has 4 nitrogen and oxygen atoms in total. The van der Waals surface area contributed by atoms with E-state index in [0.29, 0.717) is 0 Å². The predicted octanol–water partition coefficient (Wildman–Crippen LogP) is 0.395. The minimum absolute atomic E-state index is 0.338. The van der Waals surface area contributed by atoms with Crippen molar-refractivity contribution in [2.45, 2.75) is 32.5 Å². The molecule has 0 aromatic carbocycles. The van der Waals surface area contributed by atoms with Crippen LogP contribution in [-0.2, 0) is 4.79 Å². The fraction of sp³-hybridized carbons (Fsp3) is 0.667. The van der Waals surface area contributed by atoms with Crippen LogP contribution in [0.15, 0.2) is 12.2 Å². The number of allylic oxidation sites excluding steroid dienone is 1. The van der Waals surface area contributed by atoms with E-state index in [4.69, 9.17) is 5.11 Å². The Morgan fingerprint density at radius 3 is 2.38 bits per heavy atom. The van der Waals surface area contributed by atoms with Gasteiger partial charge in [-0.3, -0.25) is 4.79 Å². The molecule has 0 aliphatic carbocycles. The number of rotatable bonds is 5. The molecule has 0 saturated carbocycles. The van der Waals surface area contributed by atoms with Gasteiger partial charge in [0.15, 0.2) is 0 Å². The van der Waals surface area contributed by atoms with Crippen molar-refractivity contribution in [3.8, 4) is 0 Å². The molecule has 3 N–H and O–H groups in total. The first kappa shape index (κ1) is 12.1. The molecule has 0 aliphatic rings. The number of carbonyl (C=O) groups is 1. The van der Waals surface area contributed by atoms with E-state index < -0.39 is 24.1 Å². The molecule has 0 amide bonds. The molecule has 13 heavy (non-hydrogen) atoms. The van der Waals surface area contributed by atoms with Gasteiger partial charge in [0.2, 0.25) is 0 Å². The second-order valence-electron chi connectivity index (χ2n) is 3.04. The van der Waals surface area contributed by atoms with Gasteiger partial charge in [0, 0.05) is 5.92 Å². The van der Waals surface area contributed by atoms with Crippen molar-refractivity contribution in [1.29, 1.82) is 0 Å². The first-order valence-electron chi connectivity index (χ1n) is 4.19. The maximum atomic E-state index is 10.2. The van der Waals surface area contributed by atoms with Crippen LogP contribution in [0.1, 0.15) is 20.3 Å². The van der Waals surface area contributed by atoms with Gasteiger partial charge in [-0.2, -0.15) is 0 Å². The first-order chi connectivity index (χ1) is 5.99. The van der Waals surface area contributed by atoms with Crippen LogP contribution in [-0.4, -0.2) is 33.5 Å². The van der Waals surface area contributed by atoms with Crippen molar-refractivity contribution in [2.75, 3.05) is 0 Å². The summed E-state index contributed by atoms with van der Waals surface area (Å²) < 4.78 is 0. The molecule has 0 fully saturated rings. The lowest BCUT2D eigenvalue weighted by molar-refractivity contribution is -0.140. The predicted molar refractivity (Wildman–Crippen MR) is 48.2 cm³/mol. The van der Waals surface area contributed by atoms with Crippen molar-refractivity contribution < 1.29 is 20.1 Å². The highest BCUT2D eigenvalue weighted by molar-refractivity contribution is 5.67. The summed E-state index contributed by atoms with van der Waals surface area (Å²) in [6.45, 7) is 3.36. The number of carboxylic acid groups (broad SMARTS) is 1. The van der Waals surface area contributed by atoms with E-state index in [2.05, 4.69) is 0 Å². The van der Waals surface area contributed by atoms with Crippen LogP contribution in [0.3, 0.4) is 0 Å². The SMILES string of the molecule is CC=CC(O)C(C)C(O)CC(=O)O. The number of hydrogen-bond acceptors (Lipinski definition) is 3. The van der Waals surface area contributed by atoms with Crippen molar-refractivity contribution >= 4 is 5.97 Å². The van der Waals surface area contributed by atoms with Crippen LogP contribution in [0.25, 0.3) is 0 Å². The standard InChI is InChI=1S/C9H16O4/c1-3-4-7(10)6(2)8(11)5-9(12)13/h3-4,6-8,10-11H,5H2,1-2H3,(H,12,13). The molecule has 0 aromatic rings. The molecule has 0 bridgehead atoms. The molecular formula is C9H16O4. The minimum Gasteiger partial charge on any atom is -0.481 e. The number of aliphatic carboxylic acids is 1. The normalized spacial score (nSPS) is 18.5. The summed E-state index contributed by atoms with van der Waals surface area (Å²) >= 11 is 0. The second-order valence-corrected chi connectivity index (χ2v) is 3.04. The summed E-state index contributed by atoms with van der Waals surface area (Å²) in [7, 11) is 0. The maximum Gasteiger partial charge on any atom is 0.305 e. The van der Waals surface area contributed by atoms with Gasteiger partial charge >= 0.3 is 5.97 Å². The topological polar surface area (TPSA) is 77.8 Å². The molecule has 3 unspecified atom stereocenters. The highest BCUT2D eigenvalue weighted by atomic mass is 16.4. The van der Waals surface area contributed by atoms with Crippen LogP contribution < -0.4 is 0 Å². The van der Waals surface area contributed by atoms with Crippen LogP contribution >= 0.6 is 0 Å². The molecule has 0 saturated heterocycles. The summed E-state index contributed by atoms with van der Waals surface area (Å²) in [6, 6.07) is 0.